The maximum atomic E-state index is 11.2. The monoisotopic (exact) mass is 267 g/mol. The minimum absolute atomic E-state index is 0.161. The molecule has 17 heavy (non-hydrogen) atoms. The molecular weight excluding hydrogens is 250 g/mol. The van der Waals surface area contributed by atoms with E-state index in [0.717, 1.165) is 6.26 Å². The second kappa shape index (κ2) is 7.23. The van der Waals surface area contributed by atoms with Gasteiger partial charge in [-0.25, -0.2) is 13.2 Å². The zero-order chi connectivity index (χ0) is 13.5. The normalized spacial score (nSPS) is 13.1. The van der Waals surface area contributed by atoms with Crippen LogP contribution in [0.25, 0.3) is 0 Å². The summed E-state index contributed by atoms with van der Waals surface area (Å²) < 4.78 is 26.6. The highest BCUT2D eigenvalue weighted by molar-refractivity contribution is 7.90. The Hall–Kier alpha value is -1.15. The molecule has 0 aliphatic heterocycles. The van der Waals surface area contributed by atoms with Gasteiger partial charge in [0, 0.05) is 12.9 Å². The number of rotatable bonds is 8. The van der Waals surface area contributed by atoms with Crippen LogP contribution in [0, 0.1) is 0 Å². The van der Waals surface area contributed by atoms with E-state index in [1.807, 2.05) is 0 Å². The van der Waals surface area contributed by atoms with Gasteiger partial charge in [0.2, 0.25) is 5.91 Å². The van der Waals surface area contributed by atoms with Gasteiger partial charge in [-0.05, 0) is 13.3 Å². The molecule has 0 radical (unpaired) electrons. The summed E-state index contributed by atoms with van der Waals surface area (Å²) in [7, 11) is -3.25. The summed E-state index contributed by atoms with van der Waals surface area (Å²) in [4.78, 5) is 22.0. The lowest BCUT2D eigenvalue weighted by Crippen LogP contribution is -2.43. The lowest BCUT2D eigenvalue weighted by Gasteiger charge is -2.13. The molecule has 1 unspecified atom stereocenters. The minimum atomic E-state index is -3.25. The number of carboxylic acids is 1. The predicted octanol–water partition coefficient (Wildman–Crippen LogP) is -0.973. The van der Waals surface area contributed by atoms with Crippen molar-refractivity contribution in [3.05, 3.63) is 0 Å². The van der Waals surface area contributed by atoms with E-state index in [1.54, 1.807) is 6.92 Å². The Labute approximate surface area is 100 Å². The van der Waals surface area contributed by atoms with Gasteiger partial charge in [-0.2, -0.15) is 0 Å². The van der Waals surface area contributed by atoms with Gasteiger partial charge in [0.25, 0.3) is 0 Å². The molecule has 100 valence electrons. The first-order chi connectivity index (χ1) is 7.76. The second-order valence-electron chi connectivity index (χ2n) is 3.51. The number of carbonyl (C=O) groups excluding carboxylic acids is 1. The smallest absolute Gasteiger partial charge is 0.326 e. The molecule has 0 aliphatic carbocycles. The number of carbonyl (C=O) groups is 2. The molecule has 0 fully saturated rings. The Morgan fingerprint density at radius 2 is 2.00 bits per heavy atom. The lowest BCUT2D eigenvalue weighted by atomic mass is 10.2. The number of amides is 1. The zero-order valence-electron chi connectivity index (χ0n) is 9.80. The Balaban J connectivity index is 4.25. The molecule has 0 saturated carbocycles. The van der Waals surface area contributed by atoms with E-state index in [4.69, 9.17) is 9.84 Å². The third-order valence-electron chi connectivity index (χ3n) is 1.85. The van der Waals surface area contributed by atoms with Gasteiger partial charge in [0.05, 0.1) is 5.75 Å². The van der Waals surface area contributed by atoms with Crippen LogP contribution in [0.5, 0.6) is 0 Å². The molecule has 0 aromatic carbocycles. The van der Waals surface area contributed by atoms with Crippen LogP contribution in [0.2, 0.25) is 0 Å². The fourth-order valence-electron chi connectivity index (χ4n) is 1.02. The van der Waals surface area contributed by atoms with Crippen LogP contribution in [-0.4, -0.2) is 56.7 Å². The molecule has 1 amide bonds. The molecule has 7 nitrogen and oxygen atoms in total. The maximum Gasteiger partial charge on any atom is 0.326 e. The molecular formula is C9H17NO6S. The summed E-state index contributed by atoms with van der Waals surface area (Å²) in [6, 6.07) is -1.21. The Bertz CT molecular complexity index is 364. The topological polar surface area (TPSA) is 110 Å². The van der Waals surface area contributed by atoms with Gasteiger partial charge >= 0.3 is 5.97 Å². The molecule has 0 aromatic rings. The average Bonchev–Trinajstić information content (AvgIpc) is 2.19. The summed E-state index contributed by atoms with van der Waals surface area (Å²) in [6.45, 7) is 1.80. The van der Waals surface area contributed by atoms with Gasteiger partial charge in [0.1, 0.15) is 22.5 Å². The van der Waals surface area contributed by atoms with Gasteiger partial charge in [-0.1, -0.05) is 0 Å². The van der Waals surface area contributed by atoms with Crippen LogP contribution in [0.3, 0.4) is 0 Å². The van der Waals surface area contributed by atoms with Crippen LogP contribution >= 0.6 is 0 Å². The molecule has 1 atom stereocenters. The lowest BCUT2D eigenvalue weighted by molar-refractivity contribution is -0.142. The van der Waals surface area contributed by atoms with Crippen LogP contribution in [0.1, 0.15) is 13.3 Å². The number of ether oxygens (including phenoxy) is 1. The third-order valence-corrected chi connectivity index (χ3v) is 2.83. The van der Waals surface area contributed by atoms with E-state index in [1.165, 1.54) is 0 Å². The number of aliphatic carboxylic acids is 1. The minimum Gasteiger partial charge on any atom is -0.480 e. The van der Waals surface area contributed by atoms with E-state index >= 15 is 0 Å². The summed E-state index contributed by atoms with van der Waals surface area (Å²) in [5, 5.41) is 11.0. The van der Waals surface area contributed by atoms with E-state index in [9.17, 15) is 18.0 Å². The van der Waals surface area contributed by atoms with E-state index in [2.05, 4.69) is 5.32 Å². The highest BCUT2D eigenvalue weighted by Gasteiger charge is 2.21. The van der Waals surface area contributed by atoms with Crippen LogP contribution in [0.4, 0.5) is 0 Å². The Kier molecular flexibility index (Phi) is 6.74. The summed E-state index contributed by atoms with van der Waals surface area (Å²) >= 11 is 0. The number of sulfone groups is 1. The summed E-state index contributed by atoms with van der Waals surface area (Å²) in [5.41, 5.74) is 0. The van der Waals surface area contributed by atoms with Gasteiger partial charge in [-0.15, -0.1) is 0 Å². The van der Waals surface area contributed by atoms with Crippen molar-refractivity contribution in [1.29, 1.82) is 0 Å². The maximum absolute atomic E-state index is 11.2. The average molecular weight is 267 g/mol. The first-order valence-corrected chi connectivity index (χ1v) is 7.10. The summed E-state index contributed by atoms with van der Waals surface area (Å²) in [6.07, 6.45) is 0.847. The molecule has 0 saturated heterocycles. The van der Waals surface area contributed by atoms with Gasteiger partial charge in [-0.3, -0.25) is 4.79 Å². The largest absolute Gasteiger partial charge is 0.480 e. The number of carboxylic acid groups (broad SMARTS) is 1. The van der Waals surface area contributed by atoms with Crippen molar-refractivity contribution in [1.82, 2.24) is 5.32 Å². The molecule has 8 heteroatoms. The Morgan fingerprint density at radius 3 is 2.41 bits per heavy atom. The first kappa shape index (κ1) is 15.9. The van der Waals surface area contributed by atoms with Crippen molar-refractivity contribution >= 4 is 21.7 Å². The third kappa shape index (κ3) is 8.64. The Morgan fingerprint density at radius 1 is 1.41 bits per heavy atom. The molecule has 0 aliphatic rings. The fourth-order valence-corrected chi connectivity index (χ4v) is 1.68. The fraction of sp³-hybridized carbons (Fsp3) is 0.778. The SMILES string of the molecule is CCOCC(=O)NC(CCS(C)(=O)=O)C(=O)O. The first-order valence-electron chi connectivity index (χ1n) is 5.04. The zero-order valence-corrected chi connectivity index (χ0v) is 10.6. The van der Waals surface area contributed by atoms with Crippen LogP contribution in [-0.2, 0) is 24.2 Å². The van der Waals surface area contributed by atoms with E-state index in [-0.39, 0.29) is 18.8 Å². The quantitative estimate of drug-likeness (QED) is 0.585. The van der Waals surface area contributed by atoms with Crippen molar-refractivity contribution in [2.45, 2.75) is 19.4 Å². The molecule has 0 heterocycles. The van der Waals surface area contributed by atoms with Crippen molar-refractivity contribution in [2.24, 2.45) is 0 Å². The summed E-state index contributed by atoms with van der Waals surface area (Å²) in [5.74, 6) is -2.13. The molecule has 2 N–H and O–H groups in total. The van der Waals surface area contributed by atoms with Crippen molar-refractivity contribution < 1.29 is 27.9 Å². The molecule has 0 spiro atoms. The van der Waals surface area contributed by atoms with Crippen LogP contribution in [0.15, 0.2) is 0 Å². The number of nitrogens with one attached hydrogen (secondary N) is 1. The second-order valence-corrected chi connectivity index (χ2v) is 5.77. The van der Waals surface area contributed by atoms with Crippen LogP contribution < -0.4 is 5.32 Å². The molecule has 0 rings (SSSR count). The van der Waals surface area contributed by atoms with Crippen molar-refractivity contribution in [3.8, 4) is 0 Å². The van der Waals surface area contributed by atoms with Gasteiger partial charge < -0.3 is 15.2 Å². The number of hydrogen-bond acceptors (Lipinski definition) is 5. The number of hydrogen-bond donors (Lipinski definition) is 2. The van der Waals surface area contributed by atoms with Crippen molar-refractivity contribution in [2.75, 3.05) is 25.2 Å². The predicted molar refractivity (Wildman–Crippen MR) is 60.4 cm³/mol. The standard InChI is InChI=1S/C9H17NO6S/c1-3-16-6-8(11)10-7(9(12)13)4-5-17(2,14)15/h7H,3-6H2,1-2H3,(H,10,11)(H,12,13). The highest BCUT2D eigenvalue weighted by atomic mass is 32.2. The highest BCUT2D eigenvalue weighted by Crippen LogP contribution is 1.97. The van der Waals surface area contributed by atoms with Crippen molar-refractivity contribution in [3.63, 3.8) is 0 Å². The molecule has 0 aromatic heterocycles. The van der Waals surface area contributed by atoms with Gasteiger partial charge in [0.15, 0.2) is 0 Å². The molecule has 0 bridgehead atoms. The van der Waals surface area contributed by atoms with E-state index < -0.39 is 27.8 Å². The van der Waals surface area contributed by atoms with E-state index in [0.29, 0.717) is 6.61 Å².